The summed E-state index contributed by atoms with van der Waals surface area (Å²) in [6.45, 7) is 17.0. The molecule has 1 N–H and O–H groups in total. The Hall–Kier alpha value is -3.42. The highest BCUT2D eigenvalue weighted by Crippen LogP contribution is 2.43. The van der Waals surface area contributed by atoms with E-state index in [2.05, 4.69) is 37.9 Å². The molecule has 2 aromatic rings. The van der Waals surface area contributed by atoms with Crippen LogP contribution in [-0.4, -0.2) is 125 Å². The van der Waals surface area contributed by atoms with E-state index in [0.717, 1.165) is 35.0 Å². The van der Waals surface area contributed by atoms with Gasteiger partial charge in [-0.05, 0) is 98.0 Å². The van der Waals surface area contributed by atoms with Crippen LogP contribution in [0.3, 0.4) is 0 Å². The van der Waals surface area contributed by atoms with Gasteiger partial charge < -0.3 is 33.7 Å². The Labute approximate surface area is 326 Å². The predicted molar refractivity (Wildman–Crippen MR) is 211 cm³/mol. The number of hydrogen-bond donors (Lipinski definition) is 1. The number of ether oxygens (including phenoxy) is 5. The first kappa shape index (κ1) is 41.2. The van der Waals surface area contributed by atoms with E-state index in [1.807, 2.05) is 70.2 Å². The molecule has 0 saturated carbocycles. The molecule has 1 aromatic heterocycles. The van der Waals surface area contributed by atoms with Crippen LogP contribution in [0, 0.1) is 17.8 Å². The smallest absolute Gasteiger partial charge is 0.410 e. The van der Waals surface area contributed by atoms with E-state index in [9.17, 15) is 14.7 Å². The van der Waals surface area contributed by atoms with Crippen LogP contribution in [0.4, 0.5) is 4.79 Å². The van der Waals surface area contributed by atoms with Gasteiger partial charge in [-0.25, -0.2) is 9.59 Å². The lowest BCUT2D eigenvalue weighted by Crippen LogP contribution is -2.59. The lowest BCUT2D eigenvalue weighted by molar-refractivity contribution is -0.296. The molecular weight excluding hydrogens is 700 g/mol. The number of nitrogens with zero attached hydrogens (tertiary/aromatic N) is 4. The minimum absolute atomic E-state index is 0.0978. The number of fused-ring (bicyclic) bond motifs is 2. The standard InChI is InChI=1S/C43H62N4O8/c1-25-20-26(2)39(49)53-30(6)43(8)37-29(5)35(44-17-18-47(37)41(50)55-43)27(3)23-42(7,38(25)54-40-36(48)34(46(9)10)21-28(4)52-40)51-19-13-14-31-22-32-15-11-12-16-33(32)45-24-31/h11-12,15-16,20,22,24-25,27-30,34,36-38,40,48H,13-14,17-19,21,23H2,1-10H3/b26-20-/t25-,27+,28-,29-,30+,34+,36?,37+,38+,40+,42-,43+/m0/s1. The van der Waals surface area contributed by atoms with Gasteiger partial charge in [0.25, 0.3) is 0 Å². The van der Waals surface area contributed by atoms with Crippen molar-refractivity contribution in [3.05, 3.63) is 53.7 Å². The SMILES string of the molecule is C/C1=C/[C@H](C)[C@@H](O[C@H]2O[C@@H](C)C[C@@H](N(C)C)C2O)[C@@](C)(OCCCc2cnc3ccccc3c2)C[C@@H](C)C2=NCCN3C(=O)O[C@](C)([C@@H](C)OC1=O)[C@H]3[C@H]2C. The van der Waals surface area contributed by atoms with Gasteiger partial charge in [0.1, 0.15) is 12.2 Å². The number of aliphatic hydroxyl groups excluding tert-OH is 1. The number of aryl methyl sites for hydroxylation is 1. The Bertz CT molecular complexity index is 1770. The normalized spacial score (nSPS) is 38.4. The van der Waals surface area contributed by atoms with E-state index in [1.165, 1.54) is 0 Å². The number of benzene rings is 1. The Morgan fingerprint density at radius 1 is 1.09 bits per heavy atom. The fraction of sp³-hybridized carbons (Fsp3) is 0.674. The lowest BCUT2D eigenvalue weighted by atomic mass is 9.74. The quantitative estimate of drug-likeness (QED) is 0.253. The average molecular weight is 763 g/mol. The van der Waals surface area contributed by atoms with Gasteiger partial charge in [-0.3, -0.25) is 14.9 Å². The first-order valence-corrected chi connectivity index (χ1v) is 20.1. The second-order valence-corrected chi connectivity index (χ2v) is 17.1. The number of likely N-dealkylation sites (N-methyl/N-ethyl adjacent to an activating group) is 1. The molecule has 2 bridgehead atoms. The maximum Gasteiger partial charge on any atom is 0.410 e. The maximum atomic E-state index is 13.8. The van der Waals surface area contributed by atoms with E-state index >= 15 is 0 Å². The number of aliphatic hydroxyl groups is 1. The van der Waals surface area contributed by atoms with Gasteiger partial charge in [0.2, 0.25) is 0 Å². The maximum absolute atomic E-state index is 13.8. The number of para-hydroxylation sites is 1. The summed E-state index contributed by atoms with van der Waals surface area (Å²) < 4.78 is 32.6. The molecule has 12 atom stereocenters. The van der Waals surface area contributed by atoms with Crippen molar-refractivity contribution in [1.29, 1.82) is 0 Å². The summed E-state index contributed by atoms with van der Waals surface area (Å²) in [7, 11) is 3.91. The molecule has 12 heteroatoms. The first-order valence-electron chi connectivity index (χ1n) is 20.1. The Balaban J connectivity index is 1.37. The van der Waals surface area contributed by atoms with Crippen molar-refractivity contribution in [2.45, 2.75) is 135 Å². The van der Waals surface area contributed by atoms with Crippen LogP contribution in [0.25, 0.3) is 10.9 Å². The topological polar surface area (TPSA) is 132 Å². The molecule has 0 spiro atoms. The predicted octanol–water partition coefficient (Wildman–Crippen LogP) is 5.98. The van der Waals surface area contributed by atoms with Crippen molar-refractivity contribution >= 4 is 28.7 Å². The zero-order valence-electron chi connectivity index (χ0n) is 34.4. The molecule has 1 unspecified atom stereocenters. The number of aromatic nitrogens is 1. The Morgan fingerprint density at radius 3 is 2.58 bits per heavy atom. The van der Waals surface area contributed by atoms with Crippen LogP contribution in [0.15, 0.2) is 53.2 Å². The van der Waals surface area contributed by atoms with Gasteiger partial charge in [-0.15, -0.1) is 0 Å². The number of aliphatic imine (C=N–C) groups is 1. The number of hydrogen-bond acceptors (Lipinski definition) is 11. The number of cyclic esters (lactones) is 1. The van der Waals surface area contributed by atoms with E-state index in [4.69, 9.17) is 28.7 Å². The molecule has 1 aromatic carbocycles. The van der Waals surface area contributed by atoms with Crippen LogP contribution in [0.1, 0.15) is 80.2 Å². The monoisotopic (exact) mass is 762 g/mol. The van der Waals surface area contributed by atoms with Crippen LogP contribution < -0.4 is 0 Å². The second-order valence-electron chi connectivity index (χ2n) is 17.1. The van der Waals surface area contributed by atoms with Crippen molar-refractivity contribution in [2.24, 2.45) is 22.7 Å². The minimum Gasteiger partial charge on any atom is -0.455 e. The zero-order chi connectivity index (χ0) is 39.8. The number of carbonyl (C=O) groups excluding carboxylic acids is 2. The molecule has 0 aliphatic carbocycles. The van der Waals surface area contributed by atoms with Gasteiger partial charge in [0.05, 0.1) is 35.9 Å². The minimum atomic E-state index is -1.09. The summed E-state index contributed by atoms with van der Waals surface area (Å²) in [5.41, 5.74) is 1.40. The molecule has 0 radical (unpaired) electrons. The number of amides is 1. The van der Waals surface area contributed by atoms with Crippen molar-refractivity contribution < 1.29 is 38.4 Å². The molecule has 12 nitrogen and oxygen atoms in total. The van der Waals surface area contributed by atoms with Gasteiger partial charge >= 0.3 is 12.1 Å². The second kappa shape index (κ2) is 16.6. The molecule has 4 aliphatic rings. The third-order valence-electron chi connectivity index (χ3n) is 12.5. The van der Waals surface area contributed by atoms with Gasteiger partial charge in [0, 0.05) is 53.9 Å². The number of rotatable bonds is 8. The van der Waals surface area contributed by atoms with Crippen molar-refractivity contribution in [3.63, 3.8) is 0 Å². The van der Waals surface area contributed by atoms with Gasteiger partial charge in [-0.2, -0.15) is 0 Å². The summed E-state index contributed by atoms with van der Waals surface area (Å²) in [4.78, 5) is 40.7. The van der Waals surface area contributed by atoms with Crippen LogP contribution in [-0.2, 0) is 34.9 Å². The molecule has 302 valence electrons. The zero-order valence-corrected chi connectivity index (χ0v) is 34.4. The molecule has 1 amide bonds. The highest BCUT2D eigenvalue weighted by molar-refractivity contribution is 5.91. The molecule has 2 saturated heterocycles. The molecular formula is C43H62N4O8. The summed E-state index contributed by atoms with van der Waals surface area (Å²) in [5, 5.41) is 12.8. The van der Waals surface area contributed by atoms with Crippen LogP contribution in [0.2, 0.25) is 0 Å². The van der Waals surface area contributed by atoms with Crippen molar-refractivity contribution in [3.8, 4) is 0 Å². The van der Waals surface area contributed by atoms with Crippen LogP contribution in [0.5, 0.6) is 0 Å². The van der Waals surface area contributed by atoms with E-state index < -0.39 is 53.9 Å². The summed E-state index contributed by atoms with van der Waals surface area (Å²) in [6.07, 6.45) is 2.66. The van der Waals surface area contributed by atoms with Crippen LogP contribution >= 0.6 is 0 Å². The fourth-order valence-electron chi connectivity index (χ4n) is 9.60. The van der Waals surface area contributed by atoms with Gasteiger partial charge in [-0.1, -0.05) is 45.0 Å². The molecule has 2 fully saturated rings. The number of carbonyl (C=O) groups is 2. The van der Waals surface area contributed by atoms with Gasteiger partial charge in [0.15, 0.2) is 11.9 Å². The Morgan fingerprint density at radius 2 is 1.84 bits per heavy atom. The number of esters is 1. The third kappa shape index (κ3) is 8.49. The largest absolute Gasteiger partial charge is 0.455 e. The average Bonchev–Trinajstić information content (AvgIpc) is 3.26. The van der Waals surface area contributed by atoms with Crippen molar-refractivity contribution in [1.82, 2.24) is 14.8 Å². The van der Waals surface area contributed by atoms with E-state index in [1.54, 1.807) is 18.7 Å². The van der Waals surface area contributed by atoms with E-state index in [0.29, 0.717) is 38.1 Å². The van der Waals surface area contributed by atoms with Crippen molar-refractivity contribution in [2.75, 3.05) is 33.8 Å². The molecule has 4 aliphatic heterocycles. The summed E-state index contributed by atoms with van der Waals surface area (Å²) in [6, 6.07) is 9.71. The molecule has 5 heterocycles. The lowest BCUT2D eigenvalue weighted by Gasteiger charge is -2.47. The van der Waals surface area contributed by atoms with E-state index in [-0.39, 0.29) is 29.9 Å². The number of pyridine rings is 1. The highest BCUT2D eigenvalue weighted by atomic mass is 16.7. The summed E-state index contributed by atoms with van der Waals surface area (Å²) >= 11 is 0. The fourth-order valence-corrected chi connectivity index (χ4v) is 9.60. The summed E-state index contributed by atoms with van der Waals surface area (Å²) in [5.74, 6) is -1.19. The molecule has 6 rings (SSSR count). The Kier molecular flexibility index (Phi) is 12.4. The highest BCUT2D eigenvalue weighted by Gasteiger charge is 2.59. The third-order valence-corrected chi connectivity index (χ3v) is 12.5. The molecule has 55 heavy (non-hydrogen) atoms. The first-order chi connectivity index (χ1) is 26.0.